The lowest BCUT2D eigenvalue weighted by atomic mass is 10.1. The molecule has 0 saturated carbocycles. The van der Waals surface area contributed by atoms with E-state index in [1.807, 2.05) is 4.90 Å². The summed E-state index contributed by atoms with van der Waals surface area (Å²) in [5.74, 6) is 0.180. The van der Waals surface area contributed by atoms with Gasteiger partial charge in [-0.2, -0.15) is 0 Å². The van der Waals surface area contributed by atoms with E-state index < -0.39 is 0 Å². The second-order valence-electron chi connectivity index (χ2n) is 4.81. The van der Waals surface area contributed by atoms with Crippen LogP contribution in [-0.4, -0.2) is 41.9 Å². The maximum Gasteiger partial charge on any atom is 0.219 e. The van der Waals surface area contributed by atoms with Crippen LogP contribution in [0, 0.1) is 0 Å². The van der Waals surface area contributed by atoms with Crippen molar-refractivity contribution in [1.82, 2.24) is 9.80 Å². The number of carbonyl (C=O) groups is 1. The molecule has 1 aliphatic rings. The van der Waals surface area contributed by atoms with Gasteiger partial charge in [0.05, 0.1) is 0 Å². The van der Waals surface area contributed by atoms with Crippen molar-refractivity contribution in [3.05, 3.63) is 35.4 Å². The Morgan fingerprint density at radius 3 is 2.50 bits per heavy atom. The SMILES string of the molecule is CC(=O)N1CCN(Cc2cccc(CN)c2)CC1. The summed E-state index contributed by atoms with van der Waals surface area (Å²) in [7, 11) is 0. The first-order chi connectivity index (χ1) is 8.69. The third kappa shape index (κ3) is 3.31. The average molecular weight is 247 g/mol. The molecule has 4 nitrogen and oxygen atoms in total. The van der Waals surface area contributed by atoms with Crippen LogP contribution in [-0.2, 0) is 17.9 Å². The molecule has 0 unspecified atom stereocenters. The third-order valence-electron chi connectivity index (χ3n) is 3.45. The van der Waals surface area contributed by atoms with E-state index in [2.05, 4.69) is 29.2 Å². The van der Waals surface area contributed by atoms with E-state index in [0.29, 0.717) is 6.54 Å². The summed E-state index contributed by atoms with van der Waals surface area (Å²) in [5, 5.41) is 0. The van der Waals surface area contributed by atoms with Crippen molar-refractivity contribution in [2.45, 2.75) is 20.0 Å². The Labute approximate surface area is 108 Å². The highest BCUT2D eigenvalue weighted by Gasteiger charge is 2.18. The Morgan fingerprint density at radius 2 is 1.89 bits per heavy atom. The zero-order valence-electron chi connectivity index (χ0n) is 10.9. The summed E-state index contributed by atoms with van der Waals surface area (Å²) < 4.78 is 0. The highest BCUT2D eigenvalue weighted by Crippen LogP contribution is 2.10. The molecule has 4 heteroatoms. The van der Waals surface area contributed by atoms with Crippen molar-refractivity contribution < 1.29 is 4.79 Å². The molecule has 0 spiro atoms. The van der Waals surface area contributed by atoms with Crippen molar-refractivity contribution in [2.75, 3.05) is 26.2 Å². The van der Waals surface area contributed by atoms with Crippen LogP contribution in [0.5, 0.6) is 0 Å². The lowest BCUT2D eigenvalue weighted by Gasteiger charge is -2.34. The lowest BCUT2D eigenvalue weighted by Crippen LogP contribution is -2.47. The molecule has 1 heterocycles. The van der Waals surface area contributed by atoms with E-state index >= 15 is 0 Å². The minimum Gasteiger partial charge on any atom is -0.340 e. The average Bonchev–Trinajstić information content (AvgIpc) is 2.39. The summed E-state index contributed by atoms with van der Waals surface area (Å²) in [5.41, 5.74) is 8.12. The molecule has 1 saturated heterocycles. The zero-order valence-corrected chi connectivity index (χ0v) is 10.9. The summed E-state index contributed by atoms with van der Waals surface area (Å²) in [6, 6.07) is 8.41. The summed E-state index contributed by atoms with van der Waals surface area (Å²) >= 11 is 0. The number of hydrogen-bond acceptors (Lipinski definition) is 3. The first-order valence-electron chi connectivity index (χ1n) is 6.45. The third-order valence-corrected chi connectivity index (χ3v) is 3.45. The van der Waals surface area contributed by atoms with Crippen molar-refractivity contribution in [2.24, 2.45) is 5.73 Å². The molecule has 18 heavy (non-hydrogen) atoms. The van der Waals surface area contributed by atoms with E-state index in [1.54, 1.807) is 6.92 Å². The lowest BCUT2D eigenvalue weighted by molar-refractivity contribution is -0.130. The van der Waals surface area contributed by atoms with E-state index in [0.717, 1.165) is 32.7 Å². The fourth-order valence-corrected chi connectivity index (χ4v) is 2.33. The second-order valence-corrected chi connectivity index (χ2v) is 4.81. The highest BCUT2D eigenvalue weighted by atomic mass is 16.2. The number of piperazine rings is 1. The molecule has 2 rings (SSSR count). The van der Waals surface area contributed by atoms with Crippen LogP contribution in [0.15, 0.2) is 24.3 Å². The number of amides is 1. The molecule has 1 amide bonds. The molecule has 2 N–H and O–H groups in total. The van der Waals surface area contributed by atoms with Crippen LogP contribution < -0.4 is 5.73 Å². The van der Waals surface area contributed by atoms with E-state index in [9.17, 15) is 4.79 Å². The molecular formula is C14H21N3O. The fraction of sp³-hybridized carbons (Fsp3) is 0.500. The molecule has 1 aromatic rings. The molecule has 0 bridgehead atoms. The second kappa shape index (κ2) is 5.98. The van der Waals surface area contributed by atoms with Crippen LogP contribution in [0.1, 0.15) is 18.1 Å². The van der Waals surface area contributed by atoms with Crippen molar-refractivity contribution in [3.8, 4) is 0 Å². The van der Waals surface area contributed by atoms with Crippen LogP contribution in [0.2, 0.25) is 0 Å². The van der Waals surface area contributed by atoms with Gasteiger partial charge in [-0.3, -0.25) is 9.69 Å². The predicted octanol–water partition coefficient (Wildman–Crippen LogP) is 0.809. The number of hydrogen-bond donors (Lipinski definition) is 1. The van der Waals surface area contributed by atoms with E-state index in [-0.39, 0.29) is 5.91 Å². The van der Waals surface area contributed by atoms with Crippen LogP contribution >= 0.6 is 0 Å². The number of benzene rings is 1. The van der Waals surface area contributed by atoms with E-state index in [4.69, 9.17) is 5.73 Å². The molecule has 0 aliphatic carbocycles. The first-order valence-corrected chi connectivity index (χ1v) is 6.45. The van der Waals surface area contributed by atoms with Crippen molar-refractivity contribution in [3.63, 3.8) is 0 Å². The molecule has 1 aliphatic heterocycles. The first kappa shape index (κ1) is 13.1. The Bertz CT molecular complexity index is 411. The van der Waals surface area contributed by atoms with Gasteiger partial charge in [-0.05, 0) is 11.1 Å². The molecule has 1 fully saturated rings. The number of nitrogens with zero attached hydrogens (tertiary/aromatic N) is 2. The molecule has 0 radical (unpaired) electrons. The smallest absolute Gasteiger partial charge is 0.219 e. The minimum absolute atomic E-state index is 0.180. The Kier molecular flexibility index (Phi) is 4.33. The zero-order chi connectivity index (χ0) is 13.0. The molecular weight excluding hydrogens is 226 g/mol. The maximum atomic E-state index is 11.2. The van der Waals surface area contributed by atoms with Crippen molar-refractivity contribution >= 4 is 5.91 Å². The quantitative estimate of drug-likeness (QED) is 0.860. The van der Waals surface area contributed by atoms with Gasteiger partial charge in [0.25, 0.3) is 0 Å². The van der Waals surface area contributed by atoms with Gasteiger partial charge in [-0.1, -0.05) is 24.3 Å². The standard InChI is InChI=1S/C14H21N3O/c1-12(18)17-7-5-16(6-8-17)11-14-4-2-3-13(9-14)10-15/h2-4,9H,5-8,10-11,15H2,1H3. The largest absolute Gasteiger partial charge is 0.340 e. The Balaban J connectivity index is 1.89. The van der Waals surface area contributed by atoms with Gasteiger partial charge in [0.1, 0.15) is 0 Å². The van der Waals surface area contributed by atoms with Crippen LogP contribution in [0.3, 0.4) is 0 Å². The summed E-state index contributed by atoms with van der Waals surface area (Å²) in [4.78, 5) is 15.5. The molecule has 0 atom stereocenters. The van der Waals surface area contributed by atoms with E-state index in [1.165, 1.54) is 11.1 Å². The van der Waals surface area contributed by atoms with Gasteiger partial charge in [-0.15, -0.1) is 0 Å². The molecule has 0 aromatic heterocycles. The van der Waals surface area contributed by atoms with Gasteiger partial charge in [-0.25, -0.2) is 0 Å². The van der Waals surface area contributed by atoms with Crippen LogP contribution in [0.25, 0.3) is 0 Å². The van der Waals surface area contributed by atoms with Gasteiger partial charge in [0, 0.05) is 46.2 Å². The monoisotopic (exact) mass is 247 g/mol. The van der Waals surface area contributed by atoms with Gasteiger partial charge < -0.3 is 10.6 Å². The maximum absolute atomic E-state index is 11.2. The van der Waals surface area contributed by atoms with Crippen molar-refractivity contribution in [1.29, 1.82) is 0 Å². The van der Waals surface area contributed by atoms with Crippen LogP contribution in [0.4, 0.5) is 0 Å². The normalized spacial score (nSPS) is 16.9. The fourth-order valence-electron chi connectivity index (χ4n) is 2.33. The molecule has 98 valence electrons. The number of rotatable bonds is 3. The van der Waals surface area contributed by atoms with Gasteiger partial charge in [0.2, 0.25) is 5.91 Å². The minimum atomic E-state index is 0.180. The van der Waals surface area contributed by atoms with Gasteiger partial charge in [0.15, 0.2) is 0 Å². The summed E-state index contributed by atoms with van der Waals surface area (Å²) in [6.45, 7) is 6.75. The Morgan fingerprint density at radius 1 is 1.22 bits per heavy atom. The topological polar surface area (TPSA) is 49.6 Å². The van der Waals surface area contributed by atoms with Gasteiger partial charge >= 0.3 is 0 Å². The summed E-state index contributed by atoms with van der Waals surface area (Å²) in [6.07, 6.45) is 0. The number of carbonyl (C=O) groups excluding carboxylic acids is 1. The predicted molar refractivity (Wildman–Crippen MR) is 71.9 cm³/mol. The molecule has 1 aromatic carbocycles. The number of nitrogens with two attached hydrogens (primary N) is 1. The highest BCUT2D eigenvalue weighted by molar-refractivity contribution is 5.73. The Hall–Kier alpha value is -1.39.